The Morgan fingerprint density at radius 1 is 1.15 bits per heavy atom. The maximum absolute atomic E-state index is 11.0. The lowest BCUT2D eigenvalue weighted by molar-refractivity contribution is -0.393. The lowest BCUT2D eigenvalue weighted by Gasteiger charge is -2.20. The summed E-state index contributed by atoms with van der Waals surface area (Å²) >= 11 is 0. The molecule has 0 atom stereocenters. The van der Waals surface area contributed by atoms with E-state index in [-0.39, 0.29) is 11.4 Å². The second-order valence-corrected chi connectivity index (χ2v) is 3.95. The number of benzene rings is 1. The van der Waals surface area contributed by atoms with Crippen LogP contribution in [0.5, 0.6) is 11.5 Å². The first-order valence-corrected chi connectivity index (χ1v) is 5.42. The van der Waals surface area contributed by atoms with E-state index in [2.05, 4.69) is 10.3 Å². The van der Waals surface area contributed by atoms with Crippen LogP contribution in [0.1, 0.15) is 0 Å². The standard InChI is InChI=1S/C11H6N4O5/c16-14(17)6-3-8(15(18)19)11-10(4-6)20-9-1-2-12-5-7(9)13-11/h1-5,13H. The Labute approximate surface area is 111 Å². The van der Waals surface area contributed by atoms with Crippen molar-refractivity contribution < 1.29 is 14.6 Å². The first kappa shape index (κ1) is 11.8. The molecule has 0 fully saturated rings. The van der Waals surface area contributed by atoms with E-state index in [1.807, 2.05) is 0 Å². The van der Waals surface area contributed by atoms with E-state index in [4.69, 9.17) is 4.74 Å². The topological polar surface area (TPSA) is 120 Å². The molecule has 20 heavy (non-hydrogen) atoms. The van der Waals surface area contributed by atoms with Crippen molar-refractivity contribution in [3.63, 3.8) is 0 Å². The largest absolute Gasteiger partial charge is 0.452 e. The summed E-state index contributed by atoms with van der Waals surface area (Å²) in [4.78, 5) is 24.3. The van der Waals surface area contributed by atoms with Crippen LogP contribution in [-0.4, -0.2) is 14.8 Å². The van der Waals surface area contributed by atoms with E-state index in [1.165, 1.54) is 12.4 Å². The number of non-ortho nitro benzene ring substituents is 1. The molecule has 0 saturated carbocycles. The first-order valence-electron chi connectivity index (χ1n) is 5.42. The van der Waals surface area contributed by atoms with Gasteiger partial charge < -0.3 is 10.1 Å². The minimum Gasteiger partial charge on any atom is -0.452 e. The lowest BCUT2D eigenvalue weighted by Crippen LogP contribution is -2.06. The number of nitrogens with one attached hydrogen (secondary N) is 1. The molecule has 3 rings (SSSR count). The lowest BCUT2D eigenvalue weighted by atomic mass is 10.2. The van der Waals surface area contributed by atoms with Crippen LogP contribution in [0.4, 0.5) is 22.7 Å². The number of pyridine rings is 1. The summed E-state index contributed by atoms with van der Waals surface area (Å²) in [5.41, 5.74) is -0.309. The van der Waals surface area contributed by atoms with Crippen LogP contribution in [0.3, 0.4) is 0 Å². The summed E-state index contributed by atoms with van der Waals surface area (Å²) in [6.45, 7) is 0. The highest BCUT2D eigenvalue weighted by atomic mass is 16.6. The van der Waals surface area contributed by atoms with Gasteiger partial charge in [0.05, 0.1) is 28.2 Å². The van der Waals surface area contributed by atoms with Gasteiger partial charge in [-0.2, -0.15) is 0 Å². The zero-order valence-corrected chi connectivity index (χ0v) is 9.77. The number of rotatable bonds is 2. The van der Waals surface area contributed by atoms with Gasteiger partial charge in [-0.3, -0.25) is 25.2 Å². The minimum absolute atomic E-state index is 0.0320. The van der Waals surface area contributed by atoms with Crippen LogP contribution >= 0.6 is 0 Å². The zero-order valence-electron chi connectivity index (χ0n) is 9.77. The number of aromatic nitrogens is 1. The number of nitro benzene ring substituents is 2. The molecule has 1 aliphatic rings. The second kappa shape index (κ2) is 4.16. The Hall–Kier alpha value is -3.23. The summed E-state index contributed by atoms with van der Waals surface area (Å²) in [7, 11) is 0. The average molecular weight is 274 g/mol. The fourth-order valence-electron chi connectivity index (χ4n) is 1.86. The summed E-state index contributed by atoms with van der Waals surface area (Å²) < 4.78 is 5.45. The molecule has 9 nitrogen and oxygen atoms in total. The third-order valence-electron chi connectivity index (χ3n) is 2.73. The first-order chi connectivity index (χ1) is 9.56. The van der Waals surface area contributed by atoms with Crippen molar-refractivity contribution in [3.05, 3.63) is 50.8 Å². The maximum Gasteiger partial charge on any atom is 0.303 e. The predicted octanol–water partition coefficient (Wildman–Crippen LogP) is 2.75. The van der Waals surface area contributed by atoms with E-state index < -0.39 is 21.2 Å². The second-order valence-electron chi connectivity index (χ2n) is 3.95. The molecule has 2 heterocycles. The van der Waals surface area contributed by atoms with Gasteiger partial charge in [0.25, 0.3) is 5.69 Å². The molecule has 1 aliphatic heterocycles. The molecule has 0 unspecified atom stereocenters. The highest BCUT2D eigenvalue weighted by molar-refractivity contribution is 5.83. The number of fused-ring (bicyclic) bond motifs is 2. The Morgan fingerprint density at radius 2 is 1.95 bits per heavy atom. The average Bonchev–Trinajstić information content (AvgIpc) is 2.43. The van der Waals surface area contributed by atoms with E-state index in [0.717, 1.165) is 12.1 Å². The summed E-state index contributed by atoms with van der Waals surface area (Å²) in [6.07, 6.45) is 2.93. The van der Waals surface area contributed by atoms with Crippen molar-refractivity contribution in [1.29, 1.82) is 0 Å². The molecule has 1 aromatic heterocycles. The van der Waals surface area contributed by atoms with Crippen LogP contribution in [0.15, 0.2) is 30.6 Å². The molecule has 2 aromatic rings. The summed E-state index contributed by atoms with van der Waals surface area (Å²) in [6, 6.07) is 3.57. The molecule has 0 amide bonds. The molecule has 0 bridgehead atoms. The van der Waals surface area contributed by atoms with Crippen molar-refractivity contribution >= 4 is 22.7 Å². The van der Waals surface area contributed by atoms with Crippen molar-refractivity contribution in [2.75, 3.05) is 5.32 Å². The SMILES string of the molecule is O=[N+]([O-])c1cc2c(c([N+](=O)[O-])c1)Nc1cnccc1O2. The molecule has 100 valence electrons. The van der Waals surface area contributed by atoms with Gasteiger partial charge in [0, 0.05) is 12.3 Å². The molecule has 1 aromatic carbocycles. The Kier molecular flexibility index (Phi) is 2.46. The fourth-order valence-corrected chi connectivity index (χ4v) is 1.86. The normalized spacial score (nSPS) is 11.6. The van der Waals surface area contributed by atoms with E-state index in [0.29, 0.717) is 11.4 Å². The molecular formula is C11H6N4O5. The van der Waals surface area contributed by atoms with Crippen LogP contribution in [0.25, 0.3) is 0 Å². The third kappa shape index (κ3) is 1.77. The summed E-state index contributed by atoms with van der Waals surface area (Å²) in [5, 5.41) is 24.6. The number of ether oxygens (including phenoxy) is 1. The van der Waals surface area contributed by atoms with Crippen LogP contribution in [0.2, 0.25) is 0 Å². The smallest absolute Gasteiger partial charge is 0.303 e. The van der Waals surface area contributed by atoms with E-state index in [9.17, 15) is 20.2 Å². The van der Waals surface area contributed by atoms with Crippen molar-refractivity contribution in [3.8, 4) is 11.5 Å². The van der Waals surface area contributed by atoms with Crippen LogP contribution in [0, 0.1) is 20.2 Å². The third-order valence-corrected chi connectivity index (χ3v) is 2.73. The number of nitrogens with zero attached hydrogens (tertiary/aromatic N) is 3. The van der Waals surface area contributed by atoms with Gasteiger partial charge in [-0.15, -0.1) is 0 Å². The van der Waals surface area contributed by atoms with Gasteiger partial charge in [0.2, 0.25) is 0 Å². The Balaban J connectivity index is 2.19. The molecule has 9 heteroatoms. The van der Waals surface area contributed by atoms with Crippen molar-refractivity contribution in [1.82, 2.24) is 4.98 Å². The molecular weight excluding hydrogens is 268 g/mol. The van der Waals surface area contributed by atoms with E-state index >= 15 is 0 Å². The number of hydrogen-bond donors (Lipinski definition) is 1. The van der Waals surface area contributed by atoms with Crippen LogP contribution in [-0.2, 0) is 0 Å². The van der Waals surface area contributed by atoms with Gasteiger partial charge in [0.15, 0.2) is 17.2 Å². The van der Waals surface area contributed by atoms with Gasteiger partial charge in [-0.25, -0.2) is 0 Å². The number of nitro groups is 2. The molecule has 1 N–H and O–H groups in total. The predicted molar refractivity (Wildman–Crippen MR) is 67.3 cm³/mol. The number of anilines is 2. The summed E-state index contributed by atoms with van der Waals surface area (Å²) in [5.74, 6) is 0.423. The molecule has 0 aliphatic carbocycles. The quantitative estimate of drug-likeness (QED) is 0.563. The van der Waals surface area contributed by atoms with Gasteiger partial charge in [0.1, 0.15) is 5.69 Å². The van der Waals surface area contributed by atoms with E-state index in [1.54, 1.807) is 6.07 Å². The fraction of sp³-hybridized carbons (Fsp3) is 0. The molecule has 0 radical (unpaired) electrons. The van der Waals surface area contributed by atoms with Gasteiger partial charge >= 0.3 is 5.69 Å². The molecule has 0 spiro atoms. The zero-order chi connectivity index (χ0) is 14.3. The monoisotopic (exact) mass is 274 g/mol. The van der Waals surface area contributed by atoms with Crippen LogP contribution < -0.4 is 10.1 Å². The minimum atomic E-state index is -0.710. The van der Waals surface area contributed by atoms with Gasteiger partial charge in [-0.05, 0) is 0 Å². The Bertz CT molecular complexity index is 746. The Morgan fingerprint density at radius 3 is 2.65 bits per heavy atom. The van der Waals surface area contributed by atoms with Gasteiger partial charge in [-0.1, -0.05) is 0 Å². The number of hydrogen-bond acceptors (Lipinski definition) is 7. The van der Waals surface area contributed by atoms with Crippen molar-refractivity contribution in [2.45, 2.75) is 0 Å². The highest BCUT2D eigenvalue weighted by Gasteiger charge is 2.29. The highest BCUT2D eigenvalue weighted by Crippen LogP contribution is 2.47. The maximum atomic E-state index is 11.0. The molecule has 0 saturated heterocycles. The van der Waals surface area contributed by atoms with Crippen molar-refractivity contribution in [2.24, 2.45) is 0 Å².